The molecule has 0 fully saturated rings. The number of hydrogen-bond acceptors (Lipinski definition) is 4. The van der Waals surface area contributed by atoms with Gasteiger partial charge in [-0.1, -0.05) is 0 Å². The van der Waals surface area contributed by atoms with Crippen LogP contribution in [0.15, 0.2) is 29.0 Å². The largest absolute Gasteiger partial charge is 0.457 e. The molecule has 0 atom stereocenters. The zero-order chi connectivity index (χ0) is 9.97. The van der Waals surface area contributed by atoms with Gasteiger partial charge in [-0.25, -0.2) is 0 Å². The highest BCUT2D eigenvalue weighted by Crippen LogP contribution is 2.13. The van der Waals surface area contributed by atoms with E-state index in [9.17, 15) is 4.79 Å². The van der Waals surface area contributed by atoms with E-state index in [0.29, 0.717) is 11.5 Å². The van der Waals surface area contributed by atoms with Gasteiger partial charge in [-0.05, 0) is 0 Å². The van der Waals surface area contributed by atoms with Crippen molar-refractivity contribution in [3.63, 3.8) is 0 Å². The molecule has 2 aromatic rings. The Morgan fingerprint density at radius 3 is 3.00 bits per heavy atom. The zero-order valence-corrected chi connectivity index (χ0v) is 7.15. The Bertz CT molecular complexity index is 432. The van der Waals surface area contributed by atoms with Crippen molar-refractivity contribution in [3.05, 3.63) is 30.4 Å². The molecule has 0 radical (unpaired) electrons. The molecule has 14 heavy (non-hydrogen) atoms. The molecule has 72 valence electrons. The molecule has 2 aromatic heterocycles. The average Bonchev–Trinajstić information content (AvgIpc) is 2.75. The van der Waals surface area contributed by atoms with Gasteiger partial charge >= 0.3 is 0 Å². The Labute approximate surface area is 79.1 Å². The van der Waals surface area contributed by atoms with Crippen molar-refractivity contribution in [1.29, 1.82) is 0 Å². The molecule has 0 aromatic carbocycles. The van der Waals surface area contributed by atoms with Gasteiger partial charge in [0.25, 0.3) is 5.91 Å². The fourth-order valence-electron chi connectivity index (χ4n) is 1.01. The van der Waals surface area contributed by atoms with Crippen molar-refractivity contribution in [3.8, 4) is 0 Å². The van der Waals surface area contributed by atoms with E-state index in [2.05, 4.69) is 15.5 Å². The van der Waals surface area contributed by atoms with Crippen LogP contribution in [0, 0.1) is 0 Å². The molecular weight excluding hydrogens is 184 g/mol. The molecular formula is C8H8N4O2. The number of nitrogen functional groups attached to an aromatic ring is 1. The third-order valence-corrected chi connectivity index (χ3v) is 1.65. The van der Waals surface area contributed by atoms with E-state index in [1.807, 2.05) is 0 Å². The van der Waals surface area contributed by atoms with Crippen LogP contribution in [0.5, 0.6) is 0 Å². The number of furan rings is 1. The third-order valence-electron chi connectivity index (χ3n) is 1.65. The normalized spacial score (nSPS) is 10.0. The maximum absolute atomic E-state index is 11.5. The first-order valence-electron chi connectivity index (χ1n) is 3.91. The number of nitrogens with one attached hydrogen (secondary N) is 2. The zero-order valence-electron chi connectivity index (χ0n) is 7.15. The number of aromatic amines is 1. The lowest BCUT2D eigenvalue weighted by atomic mass is 10.3. The molecule has 0 aliphatic heterocycles. The van der Waals surface area contributed by atoms with Crippen LogP contribution in [-0.2, 0) is 0 Å². The molecule has 0 aliphatic carbocycles. The lowest BCUT2D eigenvalue weighted by molar-refractivity contribution is 0.0997. The van der Waals surface area contributed by atoms with Gasteiger partial charge in [0.15, 0.2) is 0 Å². The number of nitrogens with zero attached hydrogens (tertiary/aromatic N) is 1. The van der Waals surface area contributed by atoms with Crippen LogP contribution in [0.3, 0.4) is 0 Å². The number of carbonyl (C=O) groups excluding carboxylic acids is 1. The molecule has 0 unspecified atom stereocenters. The van der Waals surface area contributed by atoms with E-state index in [4.69, 9.17) is 10.2 Å². The number of rotatable bonds is 2. The summed E-state index contributed by atoms with van der Waals surface area (Å²) in [5.41, 5.74) is 5.80. The maximum Gasteiger partial charge on any atom is 0.294 e. The van der Waals surface area contributed by atoms with Crippen LogP contribution in [0.2, 0.25) is 0 Å². The Morgan fingerprint density at radius 1 is 1.57 bits per heavy atom. The lowest BCUT2D eigenvalue weighted by Crippen LogP contribution is -2.12. The van der Waals surface area contributed by atoms with Crippen LogP contribution in [0.25, 0.3) is 0 Å². The predicted octanol–water partition coefficient (Wildman–Crippen LogP) is 0.837. The molecule has 0 saturated carbocycles. The van der Waals surface area contributed by atoms with Crippen molar-refractivity contribution in [2.75, 3.05) is 11.1 Å². The number of hydrogen-bond donors (Lipinski definition) is 3. The average molecular weight is 192 g/mol. The number of H-pyrrole nitrogens is 1. The molecule has 2 rings (SSSR count). The minimum Gasteiger partial charge on any atom is -0.457 e. The van der Waals surface area contributed by atoms with Crippen LogP contribution in [0.4, 0.5) is 11.5 Å². The molecule has 0 aliphatic rings. The highest BCUT2D eigenvalue weighted by Gasteiger charge is 2.13. The van der Waals surface area contributed by atoms with E-state index in [-0.39, 0.29) is 5.76 Å². The summed E-state index contributed by atoms with van der Waals surface area (Å²) < 4.78 is 4.90. The summed E-state index contributed by atoms with van der Waals surface area (Å²) in [5.74, 6) is 0.183. The Kier molecular flexibility index (Phi) is 1.94. The summed E-state index contributed by atoms with van der Waals surface area (Å²) >= 11 is 0. The van der Waals surface area contributed by atoms with Crippen molar-refractivity contribution < 1.29 is 9.21 Å². The predicted molar refractivity (Wildman–Crippen MR) is 49.7 cm³/mol. The van der Waals surface area contributed by atoms with Crippen molar-refractivity contribution in [1.82, 2.24) is 10.2 Å². The summed E-state index contributed by atoms with van der Waals surface area (Å²) in [7, 11) is 0. The summed E-state index contributed by atoms with van der Waals surface area (Å²) in [6.45, 7) is 0. The minimum absolute atomic E-state index is 0.0969. The molecule has 0 spiro atoms. The minimum atomic E-state index is -0.406. The highest BCUT2D eigenvalue weighted by atomic mass is 16.3. The molecule has 4 N–H and O–H groups in total. The second-order valence-corrected chi connectivity index (χ2v) is 2.63. The fraction of sp³-hybridized carbons (Fsp3) is 0. The smallest absolute Gasteiger partial charge is 0.294 e. The Balaban J connectivity index is 2.14. The molecule has 2 heterocycles. The Morgan fingerprint density at radius 2 is 2.43 bits per heavy atom. The second-order valence-electron chi connectivity index (χ2n) is 2.63. The summed E-state index contributed by atoms with van der Waals surface area (Å²) in [6, 6.07) is 3.14. The second kappa shape index (κ2) is 3.25. The van der Waals surface area contributed by atoms with Crippen LogP contribution in [-0.4, -0.2) is 16.1 Å². The van der Waals surface area contributed by atoms with E-state index in [0.717, 1.165) is 0 Å². The molecule has 6 heteroatoms. The summed E-state index contributed by atoms with van der Waals surface area (Å²) in [6.07, 6.45) is 2.89. The van der Waals surface area contributed by atoms with Crippen LogP contribution < -0.4 is 11.1 Å². The third kappa shape index (κ3) is 1.45. The van der Waals surface area contributed by atoms with Gasteiger partial charge in [0, 0.05) is 12.1 Å². The SMILES string of the molecule is Nc1ccoc1C(=O)Nc1ccn[nH]1. The van der Waals surface area contributed by atoms with E-state index >= 15 is 0 Å². The van der Waals surface area contributed by atoms with Gasteiger partial charge in [-0.2, -0.15) is 5.10 Å². The van der Waals surface area contributed by atoms with Gasteiger partial charge in [0.2, 0.25) is 5.76 Å². The quantitative estimate of drug-likeness (QED) is 0.656. The monoisotopic (exact) mass is 192 g/mol. The first-order valence-corrected chi connectivity index (χ1v) is 3.91. The number of aromatic nitrogens is 2. The van der Waals surface area contributed by atoms with Crippen molar-refractivity contribution in [2.45, 2.75) is 0 Å². The maximum atomic E-state index is 11.5. The number of amides is 1. The van der Waals surface area contributed by atoms with Crippen LogP contribution in [0.1, 0.15) is 10.6 Å². The Hall–Kier alpha value is -2.24. The molecule has 1 amide bonds. The fourth-order valence-corrected chi connectivity index (χ4v) is 1.01. The summed E-state index contributed by atoms with van der Waals surface area (Å²) in [4.78, 5) is 11.5. The highest BCUT2D eigenvalue weighted by molar-refractivity contribution is 6.04. The van der Waals surface area contributed by atoms with Gasteiger partial charge in [-0.3, -0.25) is 9.89 Å². The van der Waals surface area contributed by atoms with Gasteiger partial charge in [0.1, 0.15) is 5.82 Å². The summed E-state index contributed by atoms with van der Waals surface area (Å²) in [5, 5.41) is 8.80. The molecule has 0 saturated heterocycles. The molecule has 0 bridgehead atoms. The standard InChI is InChI=1S/C8H8N4O2/c9-5-2-4-14-7(5)8(13)11-6-1-3-10-12-6/h1-4H,9H2,(H2,10,11,12,13). The van der Waals surface area contributed by atoms with Gasteiger partial charge < -0.3 is 15.5 Å². The van der Waals surface area contributed by atoms with E-state index in [1.165, 1.54) is 18.5 Å². The molecule has 6 nitrogen and oxygen atoms in total. The number of anilines is 2. The first-order chi connectivity index (χ1) is 6.77. The first kappa shape index (κ1) is 8.36. The van der Waals surface area contributed by atoms with Gasteiger partial charge in [-0.15, -0.1) is 0 Å². The number of nitrogens with two attached hydrogens (primary N) is 1. The topological polar surface area (TPSA) is 96.9 Å². The van der Waals surface area contributed by atoms with Crippen molar-refractivity contribution >= 4 is 17.4 Å². The van der Waals surface area contributed by atoms with Gasteiger partial charge in [0.05, 0.1) is 18.1 Å². The van der Waals surface area contributed by atoms with Crippen molar-refractivity contribution in [2.24, 2.45) is 0 Å². The lowest BCUT2D eigenvalue weighted by Gasteiger charge is -1.99. The van der Waals surface area contributed by atoms with E-state index in [1.54, 1.807) is 6.07 Å². The van der Waals surface area contributed by atoms with Crippen LogP contribution >= 0.6 is 0 Å². The van der Waals surface area contributed by atoms with E-state index < -0.39 is 5.91 Å². The number of carbonyl (C=O) groups is 1.